The zero-order valence-electron chi connectivity index (χ0n) is 9.63. The lowest BCUT2D eigenvalue weighted by Crippen LogP contribution is -2.24. The van der Waals surface area contributed by atoms with Gasteiger partial charge in [-0.2, -0.15) is 0 Å². The second-order valence-electron chi connectivity index (χ2n) is 3.22. The summed E-state index contributed by atoms with van der Waals surface area (Å²) in [7, 11) is 0. The fourth-order valence-corrected chi connectivity index (χ4v) is 0.976. The first-order chi connectivity index (χ1) is 7.41. The first kappa shape index (κ1) is 14.8. The monoisotopic (exact) mass is 220 g/mol. The summed E-state index contributed by atoms with van der Waals surface area (Å²) in [5.74, 6) is 0. The van der Waals surface area contributed by atoms with Gasteiger partial charge in [0.2, 0.25) is 0 Å². The highest BCUT2D eigenvalue weighted by Gasteiger charge is 1.90. The van der Waals surface area contributed by atoms with Crippen molar-refractivity contribution in [2.45, 2.75) is 19.8 Å². The van der Waals surface area contributed by atoms with Gasteiger partial charge in [0.25, 0.3) is 0 Å². The van der Waals surface area contributed by atoms with Gasteiger partial charge in [0.1, 0.15) is 0 Å². The van der Waals surface area contributed by atoms with E-state index in [1.807, 2.05) is 0 Å². The minimum absolute atomic E-state index is 0.155. The van der Waals surface area contributed by atoms with E-state index >= 15 is 0 Å². The van der Waals surface area contributed by atoms with Crippen molar-refractivity contribution < 1.29 is 14.9 Å². The lowest BCUT2D eigenvalue weighted by molar-refractivity contribution is -0.291. The molecule has 0 aliphatic heterocycles. The summed E-state index contributed by atoms with van der Waals surface area (Å²) in [5.41, 5.74) is 0. The number of hydrogen-bond acceptors (Lipinski definition) is 5. The molecule has 0 atom stereocenters. The van der Waals surface area contributed by atoms with E-state index in [0.29, 0.717) is 26.3 Å². The third-order valence-corrected chi connectivity index (χ3v) is 1.80. The van der Waals surface area contributed by atoms with Gasteiger partial charge in [-0.25, -0.2) is 9.78 Å². The number of hydrogen-bond donors (Lipinski definition) is 3. The highest BCUT2D eigenvalue weighted by atomic mass is 17.2. The lowest BCUT2D eigenvalue weighted by Gasteiger charge is -2.05. The topological polar surface area (TPSA) is 62.8 Å². The molecule has 0 rings (SSSR count). The van der Waals surface area contributed by atoms with Crippen LogP contribution in [-0.4, -0.2) is 51.1 Å². The van der Waals surface area contributed by atoms with Crippen LogP contribution in [0.1, 0.15) is 19.8 Å². The largest absolute Gasteiger partial charge is 0.395 e. The maximum atomic E-state index is 8.47. The van der Waals surface area contributed by atoms with Crippen molar-refractivity contribution in [1.29, 1.82) is 0 Å². The molecule has 0 unspecified atom stereocenters. The molecule has 0 radical (unpaired) electrons. The van der Waals surface area contributed by atoms with E-state index in [1.165, 1.54) is 12.8 Å². The molecule has 15 heavy (non-hydrogen) atoms. The minimum atomic E-state index is 0.155. The lowest BCUT2D eigenvalue weighted by atomic mass is 10.3. The average Bonchev–Trinajstić information content (AvgIpc) is 2.26. The minimum Gasteiger partial charge on any atom is -0.395 e. The molecule has 0 aliphatic carbocycles. The fraction of sp³-hybridized carbons (Fsp3) is 1.00. The summed E-state index contributed by atoms with van der Waals surface area (Å²) in [6.07, 6.45) is 2.41. The van der Waals surface area contributed by atoms with Crippen LogP contribution >= 0.6 is 0 Å². The molecule has 3 N–H and O–H groups in total. The SMILES string of the molecule is CCCCNCCOOCCNCCO. The smallest absolute Gasteiger partial charge is 0.0946 e. The Kier molecular flexibility index (Phi) is 13.6. The summed E-state index contributed by atoms with van der Waals surface area (Å²) in [4.78, 5) is 9.83. The summed E-state index contributed by atoms with van der Waals surface area (Å²) < 4.78 is 0. The Labute approximate surface area is 92.1 Å². The van der Waals surface area contributed by atoms with E-state index in [4.69, 9.17) is 14.9 Å². The van der Waals surface area contributed by atoms with E-state index < -0.39 is 0 Å². The quantitative estimate of drug-likeness (QED) is 0.244. The van der Waals surface area contributed by atoms with E-state index in [1.54, 1.807) is 0 Å². The Bertz CT molecular complexity index is 103. The van der Waals surface area contributed by atoms with Crippen LogP contribution in [0.15, 0.2) is 0 Å². The van der Waals surface area contributed by atoms with Crippen molar-refractivity contribution in [3.63, 3.8) is 0 Å². The van der Waals surface area contributed by atoms with Gasteiger partial charge in [0.05, 0.1) is 19.8 Å². The fourth-order valence-electron chi connectivity index (χ4n) is 0.976. The van der Waals surface area contributed by atoms with E-state index in [0.717, 1.165) is 13.1 Å². The highest BCUT2D eigenvalue weighted by molar-refractivity contribution is 4.44. The molecule has 0 heterocycles. The molecule has 0 saturated heterocycles. The zero-order valence-corrected chi connectivity index (χ0v) is 9.63. The first-order valence-corrected chi connectivity index (χ1v) is 5.68. The van der Waals surface area contributed by atoms with Crippen LogP contribution in [0.5, 0.6) is 0 Å². The van der Waals surface area contributed by atoms with Crippen molar-refractivity contribution in [3.05, 3.63) is 0 Å². The van der Waals surface area contributed by atoms with E-state index in [9.17, 15) is 0 Å². The molecule has 5 nitrogen and oxygen atoms in total. The average molecular weight is 220 g/mol. The van der Waals surface area contributed by atoms with Crippen LogP contribution in [0, 0.1) is 0 Å². The van der Waals surface area contributed by atoms with Crippen molar-refractivity contribution in [2.24, 2.45) is 0 Å². The molecule has 5 heteroatoms. The first-order valence-electron chi connectivity index (χ1n) is 5.68. The van der Waals surface area contributed by atoms with Crippen molar-refractivity contribution in [2.75, 3.05) is 46.0 Å². The zero-order chi connectivity index (χ0) is 11.2. The summed E-state index contributed by atoms with van der Waals surface area (Å²) >= 11 is 0. The molecule has 0 amide bonds. The number of rotatable bonds is 12. The third kappa shape index (κ3) is 13.8. The van der Waals surface area contributed by atoms with Crippen LogP contribution in [0.25, 0.3) is 0 Å². The Morgan fingerprint density at radius 2 is 1.53 bits per heavy atom. The molecular weight excluding hydrogens is 196 g/mol. The second kappa shape index (κ2) is 13.8. The molecule has 0 aromatic rings. The molecule has 0 saturated carbocycles. The molecule has 0 aromatic carbocycles. The van der Waals surface area contributed by atoms with Crippen LogP contribution in [0.3, 0.4) is 0 Å². The van der Waals surface area contributed by atoms with E-state index in [-0.39, 0.29) is 6.61 Å². The number of unbranched alkanes of at least 4 members (excludes halogenated alkanes) is 1. The van der Waals surface area contributed by atoms with Crippen molar-refractivity contribution in [3.8, 4) is 0 Å². The molecule has 0 fully saturated rings. The standard InChI is InChI=1S/C10H24N2O3/c1-2-3-4-11-6-9-14-15-10-7-12-5-8-13/h11-13H,2-10H2,1H3. The van der Waals surface area contributed by atoms with Gasteiger partial charge >= 0.3 is 0 Å². The predicted octanol–water partition coefficient (Wildman–Crippen LogP) is -0.0938. The molecule has 92 valence electrons. The second-order valence-corrected chi connectivity index (χ2v) is 3.22. The molecule has 0 aliphatic rings. The normalized spacial score (nSPS) is 10.8. The Hall–Kier alpha value is -0.200. The van der Waals surface area contributed by atoms with Crippen molar-refractivity contribution in [1.82, 2.24) is 10.6 Å². The number of aliphatic hydroxyl groups is 1. The van der Waals surface area contributed by atoms with Gasteiger partial charge < -0.3 is 15.7 Å². The Morgan fingerprint density at radius 3 is 2.07 bits per heavy atom. The molecule has 0 bridgehead atoms. The predicted molar refractivity (Wildman–Crippen MR) is 59.6 cm³/mol. The van der Waals surface area contributed by atoms with Crippen LogP contribution in [0.4, 0.5) is 0 Å². The van der Waals surface area contributed by atoms with Gasteiger partial charge in [-0.15, -0.1) is 0 Å². The maximum Gasteiger partial charge on any atom is 0.0946 e. The van der Waals surface area contributed by atoms with E-state index in [2.05, 4.69) is 17.6 Å². The Morgan fingerprint density at radius 1 is 0.933 bits per heavy atom. The van der Waals surface area contributed by atoms with Gasteiger partial charge in [0.15, 0.2) is 0 Å². The van der Waals surface area contributed by atoms with Crippen LogP contribution < -0.4 is 10.6 Å². The number of nitrogens with one attached hydrogen (secondary N) is 2. The van der Waals surface area contributed by atoms with Crippen LogP contribution in [-0.2, 0) is 9.78 Å². The van der Waals surface area contributed by atoms with Gasteiger partial charge in [-0.05, 0) is 13.0 Å². The van der Waals surface area contributed by atoms with Gasteiger partial charge in [-0.1, -0.05) is 13.3 Å². The number of aliphatic hydroxyl groups excluding tert-OH is 1. The maximum absolute atomic E-state index is 8.47. The molecule has 0 spiro atoms. The summed E-state index contributed by atoms with van der Waals surface area (Å²) in [5, 5.41) is 14.7. The van der Waals surface area contributed by atoms with Gasteiger partial charge in [-0.3, -0.25) is 0 Å². The summed E-state index contributed by atoms with van der Waals surface area (Å²) in [6.45, 7) is 6.56. The highest BCUT2D eigenvalue weighted by Crippen LogP contribution is 1.82. The van der Waals surface area contributed by atoms with Crippen molar-refractivity contribution >= 4 is 0 Å². The van der Waals surface area contributed by atoms with Crippen LogP contribution in [0.2, 0.25) is 0 Å². The summed E-state index contributed by atoms with van der Waals surface area (Å²) in [6, 6.07) is 0. The molecular formula is C10H24N2O3. The van der Waals surface area contributed by atoms with Gasteiger partial charge in [0, 0.05) is 19.6 Å². The third-order valence-electron chi connectivity index (χ3n) is 1.80. The Balaban J connectivity index is 2.81. The molecule has 0 aromatic heterocycles.